The number of halogens is 1. The Morgan fingerprint density at radius 2 is 1.76 bits per heavy atom. The summed E-state index contributed by atoms with van der Waals surface area (Å²) in [6.07, 6.45) is 6.26. The zero-order chi connectivity index (χ0) is 41.4. The number of hydrogen-bond acceptors (Lipinski definition) is 12. The van der Waals surface area contributed by atoms with E-state index in [1.165, 1.54) is 7.05 Å². The summed E-state index contributed by atoms with van der Waals surface area (Å²) >= 11 is 6.66. The highest BCUT2D eigenvalue weighted by molar-refractivity contribution is 6.33. The number of carbonyl (C=O) groups excluding carboxylic acids is 3. The molecule has 1 unspecified atom stereocenters. The van der Waals surface area contributed by atoms with Crippen molar-refractivity contribution >= 4 is 74.1 Å². The van der Waals surface area contributed by atoms with Gasteiger partial charge in [-0.05, 0) is 57.2 Å². The van der Waals surface area contributed by atoms with Crippen molar-refractivity contribution < 1.29 is 19.1 Å². The number of para-hydroxylation sites is 1. The van der Waals surface area contributed by atoms with Crippen molar-refractivity contribution in [2.24, 2.45) is 13.0 Å². The van der Waals surface area contributed by atoms with Crippen molar-refractivity contribution in [2.45, 2.75) is 51.5 Å². The number of piperidine rings is 2. The van der Waals surface area contributed by atoms with Crippen LogP contribution >= 0.6 is 11.6 Å². The normalized spacial score (nSPS) is 18.2. The third-order valence-electron chi connectivity index (χ3n) is 11.7. The number of ether oxygens (including phenoxy) is 1. The van der Waals surface area contributed by atoms with Crippen LogP contribution in [0.3, 0.4) is 0 Å². The first-order valence-electron chi connectivity index (χ1n) is 20.3. The molecule has 1 atom stereocenters. The van der Waals surface area contributed by atoms with E-state index in [0.717, 1.165) is 86.8 Å². The molecule has 5 aromatic rings. The monoisotopic (exact) mass is 823 g/mol. The van der Waals surface area contributed by atoms with Crippen molar-refractivity contribution in [1.29, 1.82) is 0 Å². The van der Waals surface area contributed by atoms with E-state index in [1.54, 1.807) is 23.0 Å². The number of aryl methyl sites for hydroxylation is 1. The second kappa shape index (κ2) is 16.9. The van der Waals surface area contributed by atoms with Crippen LogP contribution in [0.25, 0.3) is 21.9 Å². The van der Waals surface area contributed by atoms with Gasteiger partial charge in [0.25, 0.3) is 11.5 Å². The molecule has 59 heavy (non-hydrogen) atoms. The molecule has 3 aliphatic rings. The molecule has 310 valence electrons. The Kier molecular flexibility index (Phi) is 11.4. The van der Waals surface area contributed by atoms with Crippen LogP contribution in [-0.4, -0.2) is 106 Å². The van der Waals surface area contributed by atoms with E-state index in [0.29, 0.717) is 46.2 Å². The summed E-state index contributed by atoms with van der Waals surface area (Å²) in [6, 6.07) is 11.5. The van der Waals surface area contributed by atoms with Gasteiger partial charge in [-0.25, -0.2) is 9.97 Å². The second-order valence-electron chi connectivity index (χ2n) is 15.9. The van der Waals surface area contributed by atoms with Crippen LogP contribution in [0, 0.1) is 5.92 Å². The topological polar surface area (TPSA) is 172 Å². The molecule has 0 aliphatic carbocycles. The van der Waals surface area contributed by atoms with Crippen molar-refractivity contribution in [2.75, 3.05) is 74.6 Å². The minimum atomic E-state index is -0.426. The van der Waals surface area contributed by atoms with Crippen molar-refractivity contribution in [1.82, 2.24) is 39.8 Å². The van der Waals surface area contributed by atoms with Crippen molar-refractivity contribution in [3.8, 4) is 5.75 Å². The summed E-state index contributed by atoms with van der Waals surface area (Å²) in [4.78, 5) is 66.1. The second-order valence-corrected chi connectivity index (χ2v) is 16.3. The molecule has 1 aromatic carbocycles. The molecule has 4 aromatic heterocycles. The van der Waals surface area contributed by atoms with Crippen molar-refractivity contribution in [3.05, 3.63) is 69.9 Å². The van der Waals surface area contributed by atoms with Gasteiger partial charge in [-0.15, -0.1) is 0 Å². The summed E-state index contributed by atoms with van der Waals surface area (Å²) in [7, 11) is 3.45. The van der Waals surface area contributed by atoms with E-state index in [-0.39, 0.29) is 41.7 Å². The SMILES string of the molecule is CNC(=O)COc1cc2cc(Nc3cc(N4CCC(CN5CCN(c6cccc7c(C8CCC(=O)NC8=O)nn(C)c67)CC5)CC4)ncc3Cl)cnc2n(C(C)C)c1=O. The number of hydrogen-bond donors (Lipinski definition) is 3. The van der Waals surface area contributed by atoms with E-state index in [9.17, 15) is 19.2 Å². The summed E-state index contributed by atoms with van der Waals surface area (Å²) in [6.45, 7) is 10.1. The number of aromatic nitrogens is 5. The molecule has 0 spiro atoms. The smallest absolute Gasteiger partial charge is 0.294 e. The summed E-state index contributed by atoms with van der Waals surface area (Å²) < 4.78 is 9.05. The average molecular weight is 824 g/mol. The first-order valence-corrected chi connectivity index (χ1v) is 20.7. The highest BCUT2D eigenvalue weighted by Gasteiger charge is 2.33. The average Bonchev–Trinajstić information content (AvgIpc) is 3.57. The molecular formula is C42H50ClN11O5. The zero-order valence-corrected chi connectivity index (χ0v) is 34.6. The van der Waals surface area contributed by atoms with E-state index < -0.39 is 5.92 Å². The number of nitrogens with zero attached hydrogens (tertiary/aromatic N) is 8. The number of amides is 3. The molecular weight excluding hydrogens is 774 g/mol. The molecule has 3 fully saturated rings. The molecule has 0 saturated carbocycles. The number of pyridine rings is 3. The Morgan fingerprint density at radius 1 is 0.983 bits per heavy atom. The lowest BCUT2D eigenvalue weighted by Gasteiger charge is -2.40. The quantitative estimate of drug-likeness (QED) is 0.161. The Labute approximate surface area is 346 Å². The Morgan fingerprint density at radius 3 is 2.49 bits per heavy atom. The molecule has 7 heterocycles. The van der Waals surface area contributed by atoms with E-state index in [2.05, 4.69) is 46.7 Å². The van der Waals surface area contributed by atoms with E-state index >= 15 is 0 Å². The Bertz CT molecular complexity index is 2470. The molecule has 17 heteroatoms. The molecule has 0 radical (unpaired) electrons. The summed E-state index contributed by atoms with van der Waals surface area (Å²) in [5, 5.41) is 15.3. The fourth-order valence-electron chi connectivity index (χ4n) is 8.61. The van der Waals surface area contributed by atoms with Crippen LogP contribution in [0.2, 0.25) is 5.02 Å². The van der Waals surface area contributed by atoms with E-state index in [1.807, 2.05) is 49.8 Å². The number of piperazine rings is 1. The lowest BCUT2D eigenvalue weighted by molar-refractivity contribution is -0.134. The van der Waals surface area contributed by atoms with E-state index in [4.69, 9.17) is 21.4 Å². The fourth-order valence-corrected chi connectivity index (χ4v) is 8.76. The molecule has 3 N–H and O–H groups in total. The molecule has 3 amide bonds. The van der Waals surface area contributed by atoms with Gasteiger partial charge < -0.3 is 25.2 Å². The number of carbonyl (C=O) groups is 3. The maximum Gasteiger partial charge on any atom is 0.294 e. The Balaban J connectivity index is 0.878. The number of anilines is 4. The van der Waals surface area contributed by atoms with Gasteiger partial charge in [-0.3, -0.25) is 38.6 Å². The zero-order valence-electron chi connectivity index (χ0n) is 33.8. The lowest BCUT2D eigenvalue weighted by atomic mass is 9.92. The van der Waals surface area contributed by atoms with Crippen molar-refractivity contribution in [3.63, 3.8) is 0 Å². The molecule has 8 rings (SSSR count). The Hall–Kier alpha value is -5.74. The number of nitrogens with one attached hydrogen (secondary N) is 3. The molecule has 3 aliphatic heterocycles. The van der Waals surface area contributed by atoms with Gasteiger partial charge in [0.2, 0.25) is 11.8 Å². The largest absolute Gasteiger partial charge is 0.478 e. The lowest BCUT2D eigenvalue weighted by Crippen LogP contribution is -2.49. The van der Waals surface area contributed by atoms with Gasteiger partial charge in [0, 0.05) is 89.2 Å². The van der Waals surface area contributed by atoms with Crippen LogP contribution < -0.4 is 36.0 Å². The standard InChI is InChI=1S/C42H50ClN11O5/c1-25(2)54-40-27(19-34(42(54)58)59-24-37(56)44-3)18-28(21-46-40)47-32-20-35(45-22-31(32)43)53-12-10-26(11-13-53)23-51-14-16-52(17-15-51)33-7-5-6-29-38(49-50(4)39(29)33)30-8-9-36(55)48-41(30)57/h5-7,18-22,25-26,30H,8-17,23-24H2,1-4H3,(H,44,56)(H,45,47)(H,48,55,57). The van der Waals surface area contributed by atoms with Gasteiger partial charge in [0.15, 0.2) is 12.4 Å². The number of rotatable bonds is 11. The predicted octanol–water partition coefficient (Wildman–Crippen LogP) is 4.34. The molecule has 16 nitrogen and oxygen atoms in total. The minimum absolute atomic E-state index is 0.0748. The number of imide groups is 1. The number of benzene rings is 1. The minimum Gasteiger partial charge on any atom is -0.478 e. The fraction of sp³-hybridized carbons (Fsp3) is 0.452. The summed E-state index contributed by atoms with van der Waals surface area (Å²) in [5.74, 6) is 0.254. The predicted molar refractivity (Wildman–Crippen MR) is 228 cm³/mol. The van der Waals surface area contributed by atoms with Gasteiger partial charge in [-0.2, -0.15) is 5.10 Å². The number of fused-ring (bicyclic) bond motifs is 2. The third-order valence-corrected chi connectivity index (χ3v) is 12.0. The van der Waals surface area contributed by atoms with Gasteiger partial charge in [0.05, 0.1) is 51.6 Å². The van der Waals surface area contributed by atoms with Crippen LogP contribution in [0.15, 0.2) is 53.6 Å². The maximum absolute atomic E-state index is 13.2. The van der Waals surface area contributed by atoms with Crippen LogP contribution in [0.4, 0.5) is 22.9 Å². The van der Waals surface area contributed by atoms with Gasteiger partial charge in [0.1, 0.15) is 11.5 Å². The molecule has 3 saturated heterocycles. The van der Waals surface area contributed by atoms with Gasteiger partial charge in [-0.1, -0.05) is 23.7 Å². The number of likely N-dealkylation sites (N-methyl/N-ethyl adjacent to an activating group) is 1. The van der Waals surface area contributed by atoms with Crippen LogP contribution in [0.1, 0.15) is 57.2 Å². The third kappa shape index (κ3) is 8.28. The summed E-state index contributed by atoms with van der Waals surface area (Å²) in [5.41, 5.74) is 4.42. The van der Waals surface area contributed by atoms with Gasteiger partial charge >= 0.3 is 0 Å². The highest BCUT2D eigenvalue weighted by Crippen LogP contribution is 2.36. The first kappa shape index (κ1) is 40.1. The highest BCUT2D eigenvalue weighted by atomic mass is 35.5. The van der Waals surface area contributed by atoms with Crippen LogP contribution in [-0.2, 0) is 21.4 Å². The first-order chi connectivity index (χ1) is 28.5. The maximum atomic E-state index is 13.2. The van der Waals surface area contributed by atoms with Crippen LogP contribution in [0.5, 0.6) is 5.75 Å². The molecule has 0 bridgehead atoms.